The molecule has 0 spiro atoms. The molecule has 1 amide bonds. The van der Waals surface area contributed by atoms with Gasteiger partial charge in [0.15, 0.2) is 5.75 Å². The Hall–Kier alpha value is -2.36. The maximum absolute atomic E-state index is 12.7. The van der Waals surface area contributed by atoms with E-state index in [9.17, 15) is 14.9 Å². The molecular formula is C17H21Cl2N5O4. The summed E-state index contributed by atoms with van der Waals surface area (Å²) in [5.74, 6) is 0.823. The molecule has 1 aromatic carbocycles. The minimum atomic E-state index is -0.559. The quantitative estimate of drug-likeness (QED) is 0.558. The van der Waals surface area contributed by atoms with Crippen molar-refractivity contribution in [3.05, 3.63) is 51.6 Å². The Bertz CT molecular complexity index is 845. The number of benzene rings is 1. The normalized spacial score (nSPS) is 16.4. The lowest BCUT2D eigenvalue weighted by molar-refractivity contribution is -0.385. The van der Waals surface area contributed by atoms with Crippen LogP contribution in [0.1, 0.15) is 18.3 Å². The smallest absolute Gasteiger partial charge is 0.312 e. The van der Waals surface area contributed by atoms with Gasteiger partial charge in [0.25, 0.3) is 0 Å². The summed E-state index contributed by atoms with van der Waals surface area (Å²) in [6, 6.07) is 4.02. The standard InChI is InChI=1S/C17H20ClN5O4.ClH/c1-21-7-6-20-17(21)14-11-19-5-8-22(14)16(24)4-9-27-15-3-2-12(18)10-13(15)23(25)26;/h2-3,6-7,10,14,19H,4-5,8-9,11H2,1H3;1H. The minimum Gasteiger partial charge on any atom is -0.486 e. The topological polar surface area (TPSA) is 103 Å². The van der Waals surface area contributed by atoms with Gasteiger partial charge in [-0.3, -0.25) is 14.9 Å². The van der Waals surface area contributed by atoms with Gasteiger partial charge in [-0.1, -0.05) is 11.6 Å². The number of amides is 1. The van der Waals surface area contributed by atoms with Crippen molar-refractivity contribution in [3.8, 4) is 5.75 Å². The van der Waals surface area contributed by atoms with Crippen LogP contribution in [0.5, 0.6) is 5.75 Å². The summed E-state index contributed by atoms with van der Waals surface area (Å²) in [7, 11) is 1.89. The summed E-state index contributed by atoms with van der Waals surface area (Å²) in [4.78, 5) is 29.4. The molecule has 0 bridgehead atoms. The average Bonchev–Trinajstić information content (AvgIpc) is 3.08. The van der Waals surface area contributed by atoms with Gasteiger partial charge in [0.2, 0.25) is 5.91 Å². The lowest BCUT2D eigenvalue weighted by Crippen LogP contribution is -2.49. The van der Waals surface area contributed by atoms with Crippen molar-refractivity contribution in [1.29, 1.82) is 0 Å². The van der Waals surface area contributed by atoms with Gasteiger partial charge in [-0.2, -0.15) is 0 Å². The van der Waals surface area contributed by atoms with Crippen molar-refractivity contribution in [2.24, 2.45) is 7.05 Å². The van der Waals surface area contributed by atoms with E-state index in [4.69, 9.17) is 16.3 Å². The van der Waals surface area contributed by atoms with Gasteiger partial charge in [0, 0.05) is 50.2 Å². The molecule has 1 unspecified atom stereocenters. The highest BCUT2D eigenvalue weighted by Crippen LogP contribution is 2.30. The maximum Gasteiger partial charge on any atom is 0.312 e. The van der Waals surface area contributed by atoms with Crippen LogP contribution in [-0.2, 0) is 11.8 Å². The molecule has 152 valence electrons. The van der Waals surface area contributed by atoms with Crippen molar-refractivity contribution in [3.63, 3.8) is 0 Å². The summed E-state index contributed by atoms with van der Waals surface area (Å²) >= 11 is 5.79. The van der Waals surface area contributed by atoms with Crippen molar-refractivity contribution in [1.82, 2.24) is 19.8 Å². The Kier molecular flexibility index (Phi) is 7.61. The molecule has 28 heavy (non-hydrogen) atoms. The van der Waals surface area contributed by atoms with Crippen LogP contribution in [0.25, 0.3) is 0 Å². The average molecular weight is 430 g/mol. The zero-order chi connectivity index (χ0) is 19.4. The summed E-state index contributed by atoms with van der Waals surface area (Å²) in [6.07, 6.45) is 3.66. The van der Waals surface area contributed by atoms with Crippen LogP contribution in [0.15, 0.2) is 30.6 Å². The predicted molar refractivity (Wildman–Crippen MR) is 106 cm³/mol. The zero-order valence-electron chi connectivity index (χ0n) is 15.2. The number of hydrogen-bond acceptors (Lipinski definition) is 6. The molecule has 1 fully saturated rings. The SMILES string of the molecule is Cl.Cn1ccnc1C1CNCCN1C(=O)CCOc1ccc(Cl)cc1[N+](=O)[O-]. The lowest BCUT2D eigenvalue weighted by Gasteiger charge is -2.35. The van der Waals surface area contributed by atoms with Gasteiger partial charge < -0.3 is 19.5 Å². The number of aryl methyl sites for hydroxylation is 1. The van der Waals surface area contributed by atoms with Crippen molar-refractivity contribution < 1.29 is 14.5 Å². The highest BCUT2D eigenvalue weighted by atomic mass is 35.5. The molecule has 1 N–H and O–H groups in total. The third-order valence-electron chi connectivity index (χ3n) is 4.41. The van der Waals surface area contributed by atoms with E-state index in [1.54, 1.807) is 11.1 Å². The molecule has 1 atom stereocenters. The molecule has 2 heterocycles. The van der Waals surface area contributed by atoms with Crippen LogP contribution >= 0.6 is 24.0 Å². The van der Waals surface area contributed by atoms with Gasteiger partial charge in [0.1, 0.15) is 11.9 Å². The summed E-state index contributed by atoms with van der Waals surface area (Å²) in [5, 5.41) is 14.6. The number of nitro benzene ring substituents is 1. The molecule has 1 aromatic heterocycles. The van der Waals surface area contributed by atoms with E-state index < -0.39 is 4.92 Å². The van der Waals surface area contributed by atoms with Crippen molar-refractivity contribution in [2.45, 2.75) is 12.5 Å². The second-order valence-corrected chi connectivity index (χ2v) is 6.61. The third kappa shape index (κ3) is 4.92. The number of halogens is 2. The van der Waals surface area contributed by atoms with E-state index >= 15 is 0 Å². The van der Waals surface area contributed by atoms with E-state index in [0.29, 0.717) is 19.6 Å². The number of ether oxygens (including phenoxy) is 1. The van der Waals surface area contributed by atoms with Crippen LogP contribution in [0.3, 0.4) is 0 Å². The summed E-state index contributed by atoms with van der Waals surface area (Å²) < 4.78 is 7.37. The first kappa shape index (κ1) is 21.9. The van der Waals surface area contributed by atoms with Gasteiger partial charge in [-0.25, -0.2) is 4.98 Å². The Morgan fingerprint density at radius 1 is 1.50 bits per heavy atom. The molecular weight excluding hydrogens is 409 g/mol. The van der Waals surface area contributed by atoms with Gasteiger partial charge in [0.05, 0.1) is 18.0 Å². The fraction of sp³-hybridized carbons (Fsp3) is 0.412. The van der Waals surface area contributed by atoms with E-state index in [-0.39, 0.29) is 53.8 Å². The Morgan fingerprint density at radius 2 is 2.29 bits per heavy atom. The Morgan fingerprint density at radius 3 is 2.96 bits per heavy atom. The molecule has 1 aliphatic rings. The molecule has 1 saturated heterocycles. The van der Waals surface area contributed by atoms with E-state index in [2.05, 4.69) is 10.3 Å². The van der Waals surface area contributed by atoms with Crippen LogP contribution < -0.4 is 10.1 Å². The largest absolute Gasteiger partial charge is 0.486 e. The maximum atomic E-state index is 12.7. The van der Waals surface area contributed by atoms with Gasteiger partial charge >= 0.3 is 5.69 Å². The number of rotatable bonds is 6. The first-order valence-corrected chi connectivity index (χ1v) is 8.89. The molecule has 0 radical (unpaired) electrons. The number of nitro groups is 1. The molecule has 3 rings (SSSR count). The number of imidazole rings is 1. The fourth-order valence-electron chi connectivity index (χ4n) is 3.08. The number of aromatic nitrogens is 2. The third-order valence-corrected chi connectivity index (χ3v) is 4.65. The molecule has 11 heteroatoms. The Balaban J connectivity index is 0.00000280. The van der Waals surface area contributed by atoms with Crippen LogP contribution in [-0.4, -0.2) is 51.5 Å². The number of carbonyl (C=O) groups is 1. The number of piperazine rings is 1. The highest BCUT2D eigenvalue weighted by Gasteiger charge is 2.30. The zero-order valence-corrected chi connectivity index (χ0v) is 16.8. The van der Waals surface area contributed by atoms with Crippen molar-refractivity contribution in [2.75, 3.05) is 26.2 Å². The summed E-state index contributed by atoms with van der Waals surface area (Å²) in [5.41, 5.74) is -0.219. The molecule has 2 aromatic rings. The van der Waals surface area contributed by atoms with Crippen LogP contribution in [0.2, 0.25) is 5.02 Å². The number of hydrogen-bond donors (Lipinski definition) is 1. The van der Waals surface area contributed by atoms with E-state index in [1.165, 1.54) is 18.2 Å². The second kappa shape index (κ2) is 9.72. The molecule has 0 saturated carbocycles. The first-order valence-electron chi connectivity index (χ1n) is 8.51. The molecule has 0 aliphatic carbocycles. The minimum absolute atomic E-state index is 0. The molecule has 9 nitrogen and oxygen atoms in total. The molecule has 1 aliphatic heterocycles. The summed E-state index contributed by atoms with van der Waals surface area (Å²) in [6.45, 7) is 1.94. The fourth-order valence-corrected chi connectivity index (χ4v) is 3.25. The van der Waals surface area contributed by atoms with Gasteiger partial charge in [-0.15, -0.1) is 12.4 Å². The number of nitrogens with one attached hydrogen (secondary N) is 1. The number of nitrogens with zero attached hydrogens (tertiary/aromatic N) is 4. The van der Waals surface area contributed by atoms with E-state index in [1.807, 2.05) is 17.8 Å². The highest BCUT2D eigenvalue weighted by molar-refractivity contribution is 6.30. The Labute approximate surface area is 173 Å². The van der Waals surface area contributed by atoms with Crippen LogP contribution in [0.4, 0.5) is 5.69 Å². The predicted octanol–water partition coefficient (Wildman–Crippen LogP) is 2.35. The van der Waals surface area contributed by atoms with Crippen molar-refractivity contribution >= 4 is 35.6 Å². The van der Waals surface area contributed by atoms with Crippen LogP contribution in [0, 0.1) is 10.1 Å². The van der Waals surface area contributed by atoms with Gasteiger partial charge in [-0.05, 0) is 12.1 Å². The second-order valence-electron chi connectivity index (χ2n) is 6.17. The van der Waals surface area contributed by atoms with E-state index in [0.717, 1.165) is 5.82 Å². The lowest BCUT2D eigenvalue weighted by atomic mass is 10.1. The first-order chi connectivity index (χ1) is 13.0. The monoisotopic (exact) mass is 429 g/mol. The number of carbonyl (C=O) groups excluding carboxylic acids is 1.